The summed E-state index contributed by atoms with van der Waals surface area (Å²) in [6.45, 7) is 0. The Kier molecular flexibility index (Phi) is 2.84. The number of hydrogen-bond donors (Lipinski definition) is 2. The van der Waals surface area contributed by atoms with Gasteiger partial charge in [-0.15, -0.1) is 0 Å². The molecule has 1 heterocycles. The van der Waals surface area contributed by atoms with Crippen molar-refractivity contribution in [2.75, 3.05) is 5.32 Å². The number of phenols is 1. The summed E-state index contributed by atoms with van der Waals surface area (Å²) in [6, 6.07) is 12.0. The van der Waals surface area contributed by atoms with Gasteiger partial charge in [-0.1, -0.05) is 36.4 Å². The van der Waals surface area contributed by atoms with E-state index in [9.17, 15) is 14.7 Å². The Labute approximate surface area is 115 Å². The van der Waals surface area contributed by atoms with Crippen molar-refractivity contribution in [3.63, 3.8) is 0 Å². The van der Waals surface area contributed by atoms with Gasteiger partial charge in [0.15, 0.2) is 0 Å². The summed E-state index contributed by atoms with van der Waals surface area (Å²) >= 11 is 0. The molecule has 2 aromatic rings. The van der Waals surface area contributed by atoms with Gasteiger partial charge in [-0.05, 0) is 29.3 Å². The number of phenolic OH excluding ortho intramolecular Hbond substituents is 1. The van der Waals surface area contributed by atoms with E-state index in [1.54, 1.807) is 48.5 Å². The van der Waals surface area contributed by atoms with Crippen LogP contribution in [0, 0.1) is 0 Å². The van der Waals surface area contributed by atoms with E-state index in [1.807, 2.05) is 6.08 Å². The molecule has 20 heavy (non-hydrogen) atoms. The quantitative estimate of drug-likeness (QED) is 0.648. The fourth-order valence-electron chi connectivity index (χ4n) is 2.13. The monoisotopic (exact) mass is 265 g/mol. The molecule has 1 aliphatic rings. The summed E-state index contributed by atoms with van der Waals surface area (Å²) in [4.78, 5) is 23.2. The fraction of sp³-hybridized carbons (Fsp3) is 0. The standard InChI is InChI=1S/C16H11NO3/c18-12-8-5-10(6-9-12)4-7-11-2-1-3-13-14(11)15(19)16(20)17-13/h1-9,18H,(H,17,19,20). The lowest BCUT2D eigenvalue weighted by Crippen LogP contribution is -2.12. The lowest BCUT2D eigenvalue weighted by molar-refractivity contribution is -0.112. The molecule has 0 atom stereocenters. The van der Waals surface area contributed by atoms with Gasteiger partial charge in [0.05, 0.1) is 11.3 Å². The van der Waals surface area contributed by atoms with Crippen molar-refractivity contribution in [2.24, 2.45) is 0 Å². The van der Waals surface area contributed by atoms with Crippen LogP contribution in [-0.2, 0) is 4.79 Å². The molecule has 0 unspecified atom stereocenters. The average molecular weight is 265 g/mol. The van der Waals surface area contributed by atoms with E-state index < -0.39 is 11.7 Å². The van der Waals surface area contributed by atoms with E-state index in [1.165, 1.54) is 0 Å². The number of amides is 1. The van der Waals surface area contributed by atoms with Crippen LogP contribution in [0.1, 0.15) is 21.5 Å². The third kappa shape index (κ3) is 2.07. The number of nitrogens with one attached hydrogen (secondary N) is 1. The number of hydrogen-bond acceptors (Lipinski definition) is 3. The number of aromatic hydroxyl groups is 1. The van der Waals surface area contributed by atoms with E-state index in [2.05, 4.69) is 5.32 Å². The summed E-state index contributed by atoms with van der Waals surface area (Å²) in [5, 5.41) is 11.8. The van der Waals surface area contributed by atoms with Gasteiger partial charge >= 0.3 is 0 Å². The highest BCUT2D eigenvalue weighted by Crippen LogP contribution is 2.27. The second-order valence-electron chi connectivity index (χ2n) is 4.48. The van der Waals surface area contributed by atoms with Gasteiger partial charge in [0.2, 0.25) is 0 Å². The Balaban J connectivity index is 1.97. The maximum absolute atomic E-state index is 11.8. The van der Waals surface area contributed by atoms with Crippen LogP contribution >= 0.6 is 0 Å². The molecular formula is C16H11NO3. The lowest BCUT2D eigenvalue weighted by Gasteiger charge is -2.01. The third-order valence-corrected chi connectivity index (χ3v) is 3.13. The zero-order chi connectivity index (χ0) is 14.1. The first-order valence-corrected chi connectivity index (χ1v) is 6.11. The van der Waals surface area contributed by atoms with E-state index in [0.29, 0.717) is 16.8 Å². The Morgan fingerprint density at radius 3 is 2.45 bits per heavy atom. The van der Waals surface area contributed by atoms with Crippen LogP contribution < -0.4 is 5.32 Å². The first-order chi connectivity index (χ1) is 9.65. The Bertz CT molecular complexity index is 730. The zero-order valence-corrected chi connectivity index (χ0v) is 10.5. The molecule has 0 saturated heterocycles. The van der Waals surface area contributed by atoms with Gasteiger partial charge in [-0.3, -0.25) is 9.59 Å². The van der Waals surface area contributed by atoms with Gasteiger partial charge in [-0.2, -0.15) is 0 Å². The van der Waals surface area contributed by atoms with Crippen molar-refractivity contribution in [1.29, 1.82) is 0 Å². The highest BCUT2D eigenvalue weighted by atomic mass is 16.3. The molecule has 1 aliphatic heterocycles. The lowest BCUT2D eigenvalue weighted by atomic mass is 10.0. The molecule has 0 fully saturated rings. The van der Waals surface area contributed by atoms with Crippen molar-refractivity contribution < 1.29 is 14.7 Å². The average Bonchev–Trinajstić information content (AvgIpc) is 2.74. The smallest absolute Gasteiger partial charge is 0.296 e. The van der Waals surface area contributed by atoms with E-state index in [4.69, 9.17) is 0 Å². The first kappa shape index (κ1) is 12.2. The summed E-state index contributed by atoms with van der Waals surface area (Å²) in [6.07, 6.45) is 3.61. The van der Waals surface area contributed by atoms with Crippen molar-refractivity contribution >= 4 is 29.5 Å². The third-order valence-electron chi connectivity index (χ3n) is 3.13. The van der Waals surface area contributed by atoms with Crippen LogP contribution in [0.4, 0.5) is 5.69 Å². The van der Waals surface area contributed by atoms with Gasteiger partial charge in [0.25, 0.3) is 11.7 Å². The number of carbonyl (C=O) groups excluding carboxylic acids is 2. The number of Topliss-reactive ketones (excluding diaryl/α,β-unsaturated/α-hetero) is 1. The minimum Gasteiger partial charge on any atom is -0.508 e. The van der Waals surface area contributed by atoms with E-state index >= 15 is 0 Å². The minimum atomic E-state index is -0.592. The number of fused-ring (bicyclic) bond motifs is 1. The van der Waals surface area contributed by atoms with Crippen LogP contribution in [0.15, 0.2) is 42.5 Å². The largest absolute Gasteiger partial charge is 0.508 e. The molecule has 0 aromatic heterocycles. The topological polar surface area (TPSA) is 66.4 Å². The van der Waals surface area contributed by atoms with Crippen LogP contribution in [0.3, 0.4) is 0 Å². The van der Waals surface area contributed by atoms with Crippen molar-refractivity contribution in [3.8, 4) is 5.75 Å². The van der Waals surface area contributed by atoms with Crippen molar-refractivity contribution in [2.45, 2.75) is 0 Å². The minimum absolute atomic E-state index is 0.202. The molecule has 0 bridgehead atoms. The summed E-state index contributed by atoms with van der Waals surface area (Å²) in [7, 11) is 0. The van der Waals surface area contributed by atoms with Crippen LogP contribution in [0.25, 0.3) is 12.2 Å². The predicted molar refractivity (Wildman–Crippen MR) is 76.4 cm³/mol. The number of rotatable bonds is 2. The van der Waals surface area contributed by atoms with E-state index in [0.717, 1.165) is 5.56 Å². The molecule has 0 saturated carbocycles. The van der Waals surface area contributed by atoms with Crippen LogP contribution in [0.5, 0.6) is 5.75 Å². The molecule has 4 heteroatoms. The highest BCUT2D eigenvalue weighted by Gasteiger charge is 2.29. The summed E-state index contributed by atoms with van der Waals surface area (Å²) < 4.78 is 0. The van der Waals surface area contributed by atoms with Crippen LogP contribution in [0.2, 0.25) is 0 Å². The van der Waals surface area contributed by atoms with Crippen LogP contribution in [-0.4, -0.2) is 16.8 Å². The summed E-state index contributed by atoms with van der Waals surface area (Å²) in [5.41, 5.74) is 2.55. The van der Waals surface area contributed by atoms with Crippen molar-refractivity contribution in [1.82, 2.24) is 0 Å². The Hall–Kier alpha value is -2.88. The molecule has 0 aliphatic carbocycles. The van der Waals surface area contributed by atoms with Crippen molar-refractivity contribution in [3.05, 3.63) is 59.2 Å². The van der Waals surface area contributed by atoms with Gasteiger partial charge in [-0.25, -0.2) is 0 Å². The van der Waals surface area contributed by atoms with Gasteiger partial charge in [0.1, 0.15) is 5.75 Å². The highest BCUT2D eigenvalue weighted by molar-refractivity contribution is 6.52. The molecule has 0 spiro atoms. The molecule has 98 valence electrons. The fourth-order valence-corrected chi connectivity index (χ4v) is 2.13. The number of carbonyl (C=O) groups is 2. The SMILES string of the molecule is O=C1Nc2cccc(C=Cc3ccc(O)cc3)c2C1=O. The molecule has 1 amide bonds. The molecular weight excluding hydrogens is 254 g/mol. The molecule has 2 N–H and O–H groups in total. The maximum atomic E-state index is 11.8. The number of benzene rings is 2. The second kappa shape index (κ2) is 4.66. The number of ketones is 1. The predicted octanol–water partition coefficient (Wildman–Crippen LogP) is 2.70. The molecule has 3 rings (SSSR count). The van der Waals surface area contributed by atoms with Gasteiger partial charge in [0, 0.05) is 0 Å². The summed E-state index contributed by atoms with van der Waals surface area (Å²) in [5.74, 6) is -0.899. The Morgan fingerprint density at radius 2 is 1.70 bits per heavy atom. The normalized spacial score (nSPS) is 13.6. The molecule has 4 nitrogen and oxygen atoms in total. The maximum Gasteiger partial charge on any atom is 0.296 e. The molecule has 2 aromatic carbocycles. The van der Waals surface area contributed by atoms with E-state index in [-0.39, 0.29) is 5.75 Å². The first-order valence-electron chi connectivity index (χ1n) is 6.11. The molecule has 0 radical (unpaired) electrons. The zero-order valence-electron chi connectivity index (χ0n) is 10.5. The second-order valence-corrected chi connectivity index (χ2v) is 4.48. The Morgan fingerprint density at radius 1 is 0.950 bits per heavy atom. The van der Waals surface area contributed by atoms with Gasteiger partial charge < -0.3 is 10.4 Å². The number of anilines is 1.